The molecule has 2 aromatic heterocycles. The number of hydrogen-bond acceptors (Lipinski definition) is 4. The first-order valence-corrected chi connectivity index (χ1v) is 9.22. The summed E-state index contributed by atoms with van der Waals surface area (Å²) < 4.78 is 0.875. The summed E-state index contributed by atoms with van der Waals surface area (Å²) >= 11 is 3.53. The minimum absolute atomic E-state index is 0.875. The van der Waals surface area contributed by atoms with Gasteiger partial charge in [-0.1, -0.05) is 26.7 Å². The van der Waals surface area contributed by atoms with E-state index in [0.29, 0.717) is 0 Å². The normalized spacial score (nSPS) is 13.0. The van der Waals surface area contributed by atoms with Gasteiger partial charge < -0.3 is 9.80 Å². The van der Waals surface area contributed by atoms with Crippen molar-refractivity contribution < 1.29 is 0 Å². The van der Waals surface area contributed by atoms with Crippen molar-refractivity contribution in [3.8, 4) is 0 Å². The second-order valence-electron chi connectivity index (χ2n) is 5.83. The van der Waals surface area contributed by atoms with E-state index in [1.165, 1.54) is 0 Å². The summed E-state index contributed by atoms with van der Waals surface area (Å²) in [4.78, 5) is 14.1. The minimum atomic E-state index is 0.875. The van der Waals surface area contributed by atoms with Crippen LogP contribution in [0.2, 0.25) is 0 Å². The smallest absolute Gasteiger partial charge is 0.158 e. The molecule has 0 atom stereocenters. The Hall–Kier alpha value is -1.62. The van der Waals surface area contributed by atoms with Crippen molar-refractivity contribution in [3.05, 3.63) is 35.1 Å². The predicted molar refractivity (Wildman–Crippen MR) is 100 cm³/mol. The van der Waals surface area contributed by atoms with Gasteiger partial charge in [0.25, 0.3) is 0 Å². The minimum Gasteiger partial charge on any atom is -0.321 e. The molecule has 122 valence electrons. The van der Waals surface area contributed by atoms with E-state index in [0.717, 1.165) is 66.4 Å². The maximum Gasteiger partial charge on any atom is 0.158 e. The van der Waals surface area contributed by atoms with Gasteiger partial charge >= 0.3 is 0 Å². The number of nitrogens with zero attached hydrogens (tertiary/aromatic N) is 4. The number of halogens is 1. The molecule has 0 radical (unpaired) electrons. The second kappa shape index (κ2) is 7.30. The van der Waals surface area contributed by atoms with E-state index >= 15 is 0 Å². The fourth-order valence-electron chi connectivity index (χ4n) is 2.95. The molecule has 0 amide bonds. The topological polar surface area (TPSA) is 32.3 Å². The van der Waals surface area contributed by atoms with Gasteiger partial charge in [-0.2, -0.15) is 0 Å². The lowest BCUT2D eigenvalue weighted by atomic mass is 10.1. The van der Waals surface area contributed by atoms with Crippen molar-refractivity contribution in [3.63, 3.8) is 0 Å². The quantitative estimate of drug-likeness (QED) is 0.631. The monoisotopic (exact) mass is 374 g/mol. The molecule has 0 saturated carbocycles. The zero-order chi connectivity index (χ0) is 16.2. The van der Waals surface area contributed by atoms with Gasteiger partial charge in [0.1, 0.15) is 4.60 Å². The molecule has 0 saturated heterocycles. The number of pyridine rings is 2. The average molecular weight is 375 g/mol. The molecule has 5 heteroatoms. The van der Waals surface area contributed by atoms with Gasteiger partial charge in [0.15, 0.2) is 11.6 Å². The number of fused-ring (bicyclic) bond motifs is 2. The van der Waals surface area contributed by atoms with Crippen LogP contribution in [0.5, 0.6) is 0 Å². The third-order valence-corrected chi connectivity index (χ3v) is 4.59. The molecule has 2 aromatic rings. The average Bonchev–Trinajstić information content (AvgIpc) is 2.58. The summed E-state index contributed by atoms with van der Waals surface area (Å²) in [5.74, 6) is 2.08. The standard InChI is InChI=1S/C18H23BrN4/c1-3-5-12-22-15-9-10-16(19)21-18(15)23(13-6-4-2)14-8-7-11-20-17(14)22/h7-11H,3-6,12-13H2,1-2H3. The lowest BCUT2D eigenvalue weighted by Gasteiger charge is -2.38. The lowest BCUT2D eigenvalue weighted by molar-refractivity contribution is 0.747. The Kier molecular flexibility index (Phi) is 5.16. The van der Waals surface area contributed by atoms with E-state index < -0.39 is 0 Å². The maximum absolute atomic E-state index is 4.78. The summed E-state index contributed by atoms with van der Waals surface area (Å²) in [5.41, 5.74) is 2.32. The van der Waals surface area contributed by atoms with E-state index in [1.54, 1.807) is 0 Å². The van der Waals surface area contributed by atoms with Gasteiger partial charge in [0.05, 0.1) is 11.4 Å². The molecule has 23 heavy (non-hydrogen) atoms. The van der Waals surface area contributed by atoms with Gasteiger partial charge in [-0.25, -0.2) is 9.97 Å². The maximum atomic E-state index is 4.78. The van der Waals surface area contributed by atoms with Gasteiger partial charge in [0.2, 0.25) is 0 Å². The van der Waals surface area contributed by atoms with Crippen molar-refractivity contribution in [2.75, 3.05) is 22.9 Å². The number of hydrogen-bond donors (Lipinski definition) is 0. The lowest BCUT2D eigenvalue weighted by Crippen LogP contribution is -2.32. The van der Waals surface area contributed by atoms with Crippen molar-refractivity contribution >= 4 is 38.9 Å². The Morgan fingerprint density at radius 2 is 1.57 bits per heavy atom. The van der Waals surface area contributed by atoms with Gasteiger partial charge in [-0.05, 0) is 53.0 Å². The van der Waals surface area contributed by atoms with Crippen LogP contribution in [0.25, 0.3) is 0 Å². The summed E-state index contributed by atoms with van der Waals surface area (Å²) in [6.07, 6.45) is 6.48. The molecule has 1 aliphatic rings. The molecule has 0 aliphatic carbocycles. The molecule has 0 bridgehead atoms. The third-order valence-electron chi connectivity index (χ3n) is 4.15. The van der Waals surface area contributed by atoms with Crippen molar-refractivity contribution in [1.29, 1.82) is 0 Å². The Morgan fingerprint density at radius 1 is 0.913 bits per heavy atom. The van der Waals surface area contributed by atoms with Crippen LogP contribution in [-0.4, -0.2) is 23.1 Å². The van der Waals surface area contributed by atoms with Crippen LogP contribution in [-0.2, 0) is 0 Å². The van der Waals surface area contributed by atoms with Gasteiger partial charge in [-0.3, -0.25) is 0 Å². The molecule has 0 fully saturated rings. The van der Waals surface area contributed by atoms with Crippen molar-refractivity contribution in [2.24, 2.45) is 0 Å². The highest BCUT2D eigenvalue weighted by molar-refractivity contribution is 9.10. The van der Waals surface area contributed by atoms with Crippen LogP contribution < -0.4 is 9.80 Å². The van der Waals surface area contributed by atoms with Crippen LogP contribution >= 0.6 is 15.9 Å². The number of unbranched alkanes of at least 4 members (excludes halogenated alkanes) is 2. The number of aromatic nitrogens is 2. The molecule has 0 unspecified atom stereocenters. The zero-order valence-corrected chi connectivity index (χ0v) is 15.4. The highest BCUT2D eigenvalue weighted by Gasteiger charge is 2.29. The zero-order valence-electron chi connectivity index (χ0n) is 13.8. The predicted octanol–water partition coefficient (Wildman–Crippen LogP) is 5.43. The Bertz CT molecular complexity index is 674. The van der Waals surface area contributed by atoms with Crippen LogP contribution in [0, 0.1) is 0 Å². The summed E-state index contributed by atoms with van der Waals surface area (Å²) in [7, 11) is 0. The second-order valence-corrected chi connectivity index (χ2v) is 6.65. The van der Waals surface area contributed by atoms with Gasteiger partial charge in [-0.15, -0.1) is 0 Å². The first kappa shape index (κ1) is 16.2. The molecule has 0 aromatic carbocycles. The molecular formula is C18H23BrN4. The van der Waals surface area contributed by atoms with Gasteiger partial charge in [0, 0.05) is 19.3 Å². The van der Waals surface area contributed by atoms with Crippen molar-refractivity contribution in [1.82, 2.24) is 9.97 Å². The Labute approximate surface area is 146 Å². The van der Waals surface area contributed by atoms with E-state index in [1.807, 2.05) is 18.3 Å². The van der Waals surface area contributed by atoms with E-state index in [2.05, 4.69) is 56.7 Å². The SMILES string of the molecule is CCCCN1c2ccc(Br)nc2N(CCCC)c2cccnc21. The molecule has 3 heterocycles. The Balaban J connectivity index is 2.10. The highest BCUT2D eigenvalue weighted by atomic mass is 79.9. The highest BCUT2D eigenvalue weighted by Crippen LogP contribution is 2.46. The third kappa shape index (κ3) is 3.20. The Morgan fingerprint density at radius 3 is 2.26 bits per heavy atom. The first-order valence-electron chi connectivity index (χ1n) is 8.43. The summed E-state index contributed by atoms with van der Waals surface area (Å²) in [5, 5.41) is 0. The van der Waals surface area contributed by atoms with Crippen LogP contribution in [0.15, 0.2) is 35.1 Å². The molecule has 3 rings (SSSR count). The van der Waals surface area contributed by atoms with E-state index in [-0.39, 0.29) is 0 Å². The van der Waals surface area contributed by atoms with Crippen LogP contribution in [0.4, 0.5) is 23.0 Å². The molecule has 0 N–H and O–H groups in total. The number of anilines is 4. The number of rotatable bonds is 6. The first-order chi connectivity index (χ1) is 11.3. The fourth-order valence-corrected chi connectivity index (χ4v) is 3.25. The summed E-state index contributed by atoms with van der Waals surface area (Å²) in [6, 6.07) is 8.34. The van der Waals surface area contributed by atoms with E-state index in [9.17, 15) is 0 Å². The largest absolute Gasteiger partial charge is 0.321 e. The fraction of sp³-hybridized carbons (Fsp3) is 0.444. The van der Waals surface area contributed by atoms with Crippen LogP contribution in [0.3, 0.4) is 0 Å². The van der Waals surface area contributed by atoms with Crippen LogP contribution in [0.1, 0.15) is 39.5 Å². The van der Waals surface area contributed by atoms with Crippen molar-refractivity contribution in [2.45, 2.75) is 39.5 Å². The molecular weight excluding hydrogens is 352 g/mol. The molecule has 0 spiro atoms. The summed E-state index contributed by atoms with van der Waals surface area (Å²) in [6.45, 7) is 6.38. The molecule has 1 aliphatic heterocycles. The molecule has 4 nitrogen and oxygen atoms in total. The van der Waals surface area contributed by atoms with E-state index in [4.69, 9.17) is 4.98 Å².